The van der Waals surface area contributed by atoms with Crippen molar-refractivity contribution >= 4 is 11.6 Å². The van der Waals surface area contributed by atoms with Gasteiger partial charge in [0.25, 0.3) is 0 Å². The lowest BCUT2D eigenvalue weighted by Crippen LogP contribution is -2.41. The number of hydrogen-bond donors (Lipinski definition) is 1. The second kappa shape index (κ2) is 6.23. The van der Waals surface area contributed by atoms with Crippen molar-refractivity contribution in [2.24, 2.45) is 0 Å². The molecule has 1 atom stereocenters. The average Bonchev–Trinajstić information content (AvgIpc) is 2.30. The maximum absolute atomic E-state index is 12.0. The van der Waals surface area contributed by atoms with Crippen molar-refractivity contribution in [3.05, 3.63) is 24.0 Å². The first-order valence-corrected chi connectivity index (χ1v) is 6.06. The van der Waals surface area contributed by atoms with Gasteiger partial charge in [0.2, 0.25) is 5.91 Å². The van der Waals surface area contributed by atoms with Crippen LogP contribution in [0.25, 0.3) is 0 Å². The van der Waals surface area contributed by atoms with Crippen LogP contribution in [0.3, 0.4) is 0 Å². The summed E-state index contributed by atoms with van der Waals surface area (Å²) < 4.78 is 0. The van der Waals surface area contributed by atoms with Crippen LogP contribution in [0.4, 0.5) is 5.69 Å². The second-order valence-corrected chi connectivity index (χ2v) is 4.06. The van der Waals surface area contributed by atoms with Gasteiger partial charge in [0.15, 0.2) is 0 Å². The predicted octanol–water partition coefficient (Wildman–Crippen LogP) is 2.06. The zero-order chi connectivity index (χ0) is 12.8. The number of nitrogens with one attached hydrogen (secondary N) is 1. The third kappa shape index (κ3) is 3.73. The fourth-order valence-electron chi connectivity index (χ4n) is 1.76. The minimum absolute atomic E-state index is 0.129. The Kier molecular flexibility index (Phi) is 4.94. The molecule has 1 amide bonds. The number of likely N-dealkylation sites (N-methyl/N-ethyl adjacent to an activating group) is 1. The van der Waals surface area contributed by atoms with E-state index in [-0.39, 0.29) is 11.9 Å². The molecule has 17 heavy (non-hydrogen) atoms. The summed E-state index contributed by atoms with van der Waals surface area (Å²) in [6.07, 6.45) is 1.74. The van der Waals surface area contributed by atoms with Gasteiger partial charge in [-0.1, -0.05) is 0 Å². The molecule has 94 valence electrons. The summed E-state index contributed by atoms with van der Waals surface area (Å²) in [6.45, 7) is 9.29. The summed E-state index contributed by atoms with van der Waals surface area (Å²) in [5.41, 5.74) is 1.88. The van der Waals surface area contributed by atoms with E-state index in [1.165, 1.54) is 0 Å². The van der Waals surface area contributed by atoms with E-state index in [1.807, 2.05) is 44.7 Å². The molecule has 0 fully saturated rings. The molecule has 0 aromatic carbocycles. The van der Waals surface area contributed by atoms with Crippen LogP contribution in [0.1, 0.15) is 26.5 Å². The summed E-state index contributed by atoms with van der Waals surface area (Å²) >= 11 is 0. The Balaban J connectivity index is 2.65. The van der Waals surface area contributed by atoms with Crippen LogP contribution in [-0.2, 0) is 4.79 Å². The fraction of sp³-hybridized carbons (Fsp3) is 0.538. The molecule has 0 aliphatic carbocycles. The Labute approximate surface area is 103 Å². The van der Waals surface area contributed by atoms with Gasteiger partial charge >= 0.3 is 0 Å². The lowest BCUT2D eigenvalue weighted by atomic mass is 10.2. The molecule has 4 heteroatoms. The number of anilines is 1. The van der Waals surface area contributed by atoms with Gasteiger partial charge in [-0.2, -0.15) is 0 Å². The number of hydrogen-bond acceptors (Lipinski definition) is 3. The molecule has 0 bridgehead atoms. The number of carbonyl (C=O) groups is 1. The van der Waals surface area contributed by atoms with E-state index >= 15 is 0 Å². The highest BCUT2D eigenvalue weighted by Crippen LogP contribution is 2.09. The third-order valence-electron chi connectivity index (χ3n) is 2.73. The minimum atomic E-state index is -0.211. The van der Waals surface area contributed by atoms with Gasteiger partial charge in [0.1, 0.15) is 6.04 Å². The van der Waals surface area contributed by atoms with Crippen molar-refractivity contribution in [1.82, 2.24) is 9.88 Å². The largest absolute Gasteiger partial charge is 0.374 e. The summed E-state index contributed by atoms with van der Waals surface area (Å²) in [5.74, 6) is 0.129. The molecule has 1 N–H and O–H groups in total. The van der Waals surface area contributed by atoms with Crippen LogP contribution < -0.4 is 5.32 Å². The van der Waals surface area contributed by atoms with Crippen LogP contribution in [0.5, 0.6) is 0 Å². The van der Waals surface area contributed by atoms with Gasteiger partial charge in [-0.25, -0.2) is 0 Å². The number of carbonyl (C=O) groups excluding carboxylic acids is 1. The summed E-state index contributed by atoms with van der Waals surface area (Å²) in [6, 6.07) is 3.60. The highest BCUT2D eigenvalue weighted by molar-refractivity contribution is 5.84. The highest BCUT2D eigenvalue weighted by Gasteiger charge is 2.17. The zero-order valence-corrected chi connectivity index (χ0v) is 11.0. The summed E-state index contributed by atoms with van der Waals surface area (Å²) in [7, 11) is 0. The van der Waals surface area contributed by atoms with Crippen molar-refractivity contribution in [3.8, 4) is 0 Å². The molecular formula is C13H21N3O. The summed E-state index contributed by atoms with van der Waals surface area (Å²) in [4.78, 5) is 18.0. The van der Waals surface area contributed by atoms with Crippen molar-refractivity contribution < 1.29 is 4.79 Å². The normalized spacial score (nSPS) is 12.0. The molecule has 0 aliphatic heterocycles. The topological polar surface area (TPSA) is 45.2 Å². The maximum atomic E-state index is 12.0. The lowest BCUT2D eigenvalue weighted by molar-refractivity contribution is -0.131. The van der Waals surface area contributed by atoms with E-state index in [2.05, 4.69) is 10.3 Å². The second-order valence-electron chi connectivity index (χ2n) is 4.06. The molecule has 0 saturated carbocycles. The molecule has 1 unspecified atom stereocenters. The van der Waals surface area contributed by atoms with Gasteiger partial charge in [-0.15, -0.1) is 0 Å². The SMILES string of the molecule is CCN(CC)C(=O)C(C)Nc1ccnc(C)c1. The number of aryl methyl sites for hydroxylation is 1. The van der Waals surface area contributed by atoms with Gasteiger partial charge in [-0.3, -0.25) is 9.78 Å². The molecule has 0 aliphatic rings. The molecule has 1 aromatic rings. The third-order valence-corrected chi connectivity index (χ3v) is 2.73. The van der Waals surface area contributed by atoms with Gasteiger partial charge in [0.05, 0.1) is 0 Å². The van der Waals surface area contributed by atoms with Crippen LogP contribution >= 0.6 is 0 Å². The van der Waals surface area contributed by atoms with Crippen LogP contribution in [0.2, 0.25) is 0 Å². The van der Waals surface area contributed by atoms with Crippen molar-refractivity contribution in [3.63, 3.8) is 0 Å². The first-order chi connectivity index (χ1) is 8.08. The van der Waals surface area contributed by atoms with E-state index in [0.29, 0.717) is 0 Å². The van der Waals surface area contributed by atoms with E-state index in [0.717, 1.165) is 24.5 Å². The number of pyridine rings is 1. The molecule has 1 aromatic heterocycles. The minimum Gasteiger partial charge on any atom is -0.374 e. The number of nitrogens with zero attached hydrogens (tertiary/aromatic N) is 2. The lowest BCUT2D eigenvalue weighted by Gasteiger charge is -2.24. The van der Waals surface area contributed by atoms with Crippen LogP contribution in [0.15, 0.2) is 18.3 Å². The zero-order valence-electron chi connectivity index (χ0n) is 11.0. The monoisotopic (exact) mass is 235 g/mol. The fourth-order valence-corrected chi connectivity index (χ4v) is 1.76. The van der Waals surface area contributed by atoms with Crippen molar-refractivity contribution in [2.45, 2.75) is 33.7 Å². The number of aromatic nitrogens is 1. The van der Waals surface area contributed by atoms with Gasteiger partial charge in [0, 0.05) is 30.7 Å². The predicted molar refractivity (Wildman–Crippen MR) is 70.0 cm³/mol. The van der Waals surface area contributed by atoms with Crippen LogP contribution in [0, 0.1) is 6.92 Å². The summed E-state index contributed by atoms with van der Waals surface area (Å²) in [5, 5.41) is 3.20. The van der Waals surface area contributed by atoms with Crippen LogP contribution in [-0.4, -0.2) is 34.9 Å². The van der Waals surface area contributed by atoms with E-state index in [4.69, 9.17) is 0 Å². The Morgan fingerprint density at radius 3 is 2.65 bits per heavy atom. The standard InChI is InChI=1S/C13H21N3O/c1-5-16(6-2)13(17)11(4)15-12-7-8-14-10(3)9-12/h7-9,11H,5-6H2,1-4H3,(H,14,15). The Morgan fingerprint density at radius 1 is 1.47 bits per heavy atom. The van der Waals surface area contributed by atoms with Crippen molar-refractivity contribution in [2.75, 3.05) is 18.4 Å². The Hall–Kier alpha value is -1.58. The van der Waals surface area contributed by atoms with Gasteiger partial charge in [-0.05, 0) is 39.8 Å². The Morgan fingerprint density at radius 2 is 2.12 bits per heavy atom. The van der Waals surface area contributed by atoms with Crippen molar-refractivity contribution in [1.29, 1.82) is 0 Å². The quantitative estimate of drug-likeness (QED) is 0.849. The molecule has 4 nitrogen and oxygen atoms in total. The molecule has 0 radical (unpaired) electrons. The van der Waals surface area contributed by atoms with E-state index in [1.54, 1.807) is 6.20 Å². The smallest absolute Gasteiger partial charge is 0.244 e. The first kappa shape index (κ1) is 13.5. The first-order valence-electron chi connectivity index (χ1n) is 6.06. The molecule has 0 spiro atoms. The Bertz CT molecular complexity index is 375. The number of rotatable bonds is 5. The van der Waals surface area contributed by atoms with E-state index < -0.39 is 0 Å². The van der Waals surface area contributed by atoms with Gasteiger partial charge < -0.3 is 10.2 Å². The number of amides is 1. The molecule has 1 heterocycles. The maximum Gasteiger partial charge on any atom is 0.244 e. The molecule has 1 rings (SSSR count). The molecule has 0 saturated heterocycles. The average molecular weight is 235 g/mol. The molecular weight excluding hydrogens is 214 g/mol. The highest BCUT2D eigenvalue weighted by atomic mass is 16.2. The van der Waals surface area contributed by atoms with E-state index in [9.17, 15) is 4.79 Å².